The van der Waals surface area contributed by atoms with E-state index in [0.717, 1.165) is 38.2 Å². The van der Waals surface area contributed by atoms with Crippen molar-refractivity contribution in [1.82, 2.24) is 15.0 Å². The minimum atomic E-state index is 0.284. The highest BCUT2D eigenvalue weighted by Crippen LogP contribution is 2.22. The zero-order valence-corrected chi connectivity index (χ0v) is 10.4. The molecule has 2 rings (SSSR count). The minimum Gasteiger partial charge on any atom is -0.396 e. The van der Waals surface area contributed by atoms with Crippen molar-refractivity contribution >= 4 is 0 Å². The molecule has 0 aliphatic carbocycles. The molecular formula is C12H21N3O2. The third kappa shape index (κ3) is 3.26. The van der Waals surface area contributed by atoms with Crippen molar-refractivity contribution in [3.05, 3.63) is 11.7 Å². The molecule has 1 aromatic heterocycles. The molecule has 96 valence electrons. The predicted octanol–water partition coefficient (Wildman–Crippen LogP) is 1.37. The van der Waals surface area contributed by atoms with Gasteiger partial charge in [0, 0.05) is 19.1 Å². The van der Waals surface area contributed by atoms with Crippen LogP contribution >= 0.6 is 0 Å². The van der Waals surface area contributed by atoms with Gasteiger partial charge in [-0.15, -0.1) is 0 Å². The average molecular weight is 239 g/mol. The third-order valence-electron chi connectivity index (χ3n) is 3.35. The van der Waals surface area contributed by atoms with Gasteiger partial charge in [0.2, 0.25) is 5.89 Å². The summed E-state index contributed by atoms with van der Waals surface area (Å²) in [4.78, 5) is 6.74. The number of rotatable bonds is 6. The number of hydrogen-bond acceptors (Lipinski definition) is 5. The summed E-state index contributed by atoms with van der Waals surface area (Å²) in [5, 5.41) is 12.9. The molecule has 2 heterocycles. The molecule has 1 aromatic rings. The van der Waals surface area contributed by atoms with E-state index in [1.54, 1.807) is 0 Å². The quantitative estimate of drug-likeness (QED) is 0.812. The first-order valence-corrected chi connectivity index (χ1v) is 6.50. The Labute approximate surface area is 102 Å². The Balaban J connectivity index is 1.88. The number of likely N-dealkylation sites (tertiary alicyclic amines) is 1. The Hall–Kier alpha value is -0.940. The first-order chi connectivity index (χ1) is 8.33. The molecular weight excluding hydrogens is 218 g/mol. The molecule has 0 radical (unpaired) electrons. The van der Waals surface area contributed by atoms with Crippen LogP contribution in [0, 0.1) is 0 Å². The van der Waals surface area contributed by atoms with E-state index in [4.69, 9.17) is 9.63 Å². The Kier molecular flexibility index (Phi) is 4.50. The number of aliphatic hydroxyl groups excluding tert-OH is 1. The molecule has 0 aromatic carbocycles. The molecule has 0 bridgehead atoms. The second-order valence-electron chi connectivity index (χ2n) is 4.59. The summed E-state index contributed by atoms with van der Waals surface area (Å²) >= 11 is 0. The van der Waals surface area contributed by atoms with Crippen LogP contribution in [0.1, 0.15) is 44.3 Å². The van der Waals surface area contributed by atoms with Crippen LogP contribution in [0.15, 0.2) is 4.52 Å². The number of aromatic nitrogens is 2. The largest absolute Gasteiger partial charge is 0.396 e. The molecule has 1 unspecified atom stereocenters. The number of aliphatic hydroxyl groups is 1. The summed E-state index contributed by atoms with van der Waals surface area (Å²) in [5.41, 5.74) is 0. The van der Waals surface area contributed by atoms with Crippen LogP contribution in [0.2, 0.25) is 0 Å². The maximum Gasteiger partial charge on any atom is 0.226 e. The first-order valence-electron chi connectivity index (χ1n) is 6.50. The molecule has 1 aliphatic rings. The lowest BCUT2D eigenvalue weighted by Gasteiger charge is -2.22. The zero-order valence-electron chi connectivity index (χ0n) is 10.4. The smallest absolute Gasteiger partial charge is 0.226 e. The summed E-state index contributed by atoms with van der Waals surface area (Å²) in [6.07, 6.45) is 5.19. The van der Waals surface area contributed by atoms with Crippen molar-refractivity contribution in [3.8, 4) is 0 Å². The second-order valence-corrected chi connectivity index (χ2v) is 4.59. The third-order valence-corrected chi connectivity index (χ3v) is 3.35. The lowest BCUT2D eigenvalue weighted by molar-refractivity contribution is 0.204. The fraction of sp³-hybridized carbons (Fsp3) is 0.833. The van der Waals surface area contributed by atoms with Gasteiger partial charge < -0.3 is 9.63 Å². The fourth-order valence-electron chi connectivity index (χ4n) is 2.44. The molecule has 0 saturated carbocycles. The Morgan fingerprint density at radius 2 is 2.41 bits per heavy atom. The van der Waals surface area contributed by atoms with Gasteiger partial charge >= 0.3 is 0 Å². The van der Waals surface area contributed by atoms with Gasteiger partial charge in [-0.05, 0) is 32.2 Å². The highest BCUT2D eigenvalue weighted by atomic mass is 16.5. The molecule has 1 fully saturated rings. The molecule has 1 atom stereocenters. The highest BCUT2D eigenvalue weighted by Gasteiger charge is 2.25. The maximum atomic E-state index is 8.88. The number of aryl methyl sites for hydroxylation is 1. The van der Waals surface area contributed by atoms with Gasteiger partial charge in [0.05, 0.1) is 6.54 Å². The lowest BCUT2D eigenvalue weighted by Crippen LogP contribution is -2.29. The molecule has 5 heteroatoms. The van der Waals surface area contributed by atoms with Gasteiger partial charge in [0.1, 0.15) is 0 Å². The van der Waals surface area contributed by atoms with Crippen LogP contribution in [-0.2, 0) is 13.0 Å². The van der Waals surface area contributed by atoms with Crippen molar-refractivity contribution < 1.29 is 9.63 Å². The van der Waals surface area contributed by atoms with E-state index in [0.29, 0.717) is 11.9 Å². The molecule has 5 nitrogen and oxygen atoms in total. The zero-order chi connectivity index (χ0) is 12.1. The molecule has 1 saturated heterocycles. The SMILES string of the molecule is CCc1nc(CN2CCCC2CCCO)no1. The van der Waals surface area contributed by atoms with E-state index >= 15 is 0 Å². The van der Waals surface area contributed by atoms with E-state index in [2.05, 4.69) is 15.0 Å². The van der Waals surface area contributed by atoms with Crippen molar-refractivity contribution in [3.63, 3.8) is 0 Å². The van der Waals surface area contributed by atoms with Crippen LogP contribution in [-0.4, -0.2) is 39.3 Å². The minimum absolute atomic E-state index is 0.284. The standard InChI is InChI=1S/C12H21N3O2/c1-2-12-13-11(14-17-12)9-15-7-3-5-10(15)6-4-8-16/h10,16H,2-9H2,1H3. The van der Waals surface area contributed by atoms with Crippen molar-refractivity contribution in [2.75, 3.05) is 13.2 Å². The number of nitrogens with zero attached hydrogens (tertiary/aromatic N) is 3. The average Bonchev–Trinajstić information content (AvgIpc) is 2.96. The van der Waals surface area contributed by atoms with Crippen LogP contribution in [0.3, 0.4) is 0 Å². The summed E-state index contributed by atoms with van der Waals surface area (Å²) in [6.45, 7) is 4.18. The molecule has 1 N–H and O–H groups in total. The Morgan fingerprint density at radius 1 is 1.53 bits per heavy atom. The van der Waals surface area contributed by atoms with Gasteiger partial charge in [0.15, 0.2) is 5.82 Å². The molecule has 0 spiro atoms. The topological polar surface area (TPSA) is 62.4 Å². The van der Waals surface area contributed by atoms with E-state index in [9.17, 15) is 0 Å². The van der Waals surface area contributed by atoms with Gasteiger partial charge in [-0.3, -0.25) is 4.90 Å². The second kappa shape index (κ2) is 6.12. The summed E-state index contributed by atoms with van der Waals surface area (Å²) in [5.74, 6) is 1.50. The normalized spacial score (nSPS) is 21.2. The summed E-state index contributed by atoms with van der Waals surface area (Å²) < 4.78 is 5.11. The molecule has 1 aliphatic heterocycles. The van der Waals surface area contributed by atoms with Crippen molar-refractivity contribution in [2.24, 2.45) is 0 Å². The number of hydrogen-bond donors (Lipinski definition) is 1. The van der Waals surface area contributed by atoms with E-state index in [-0.39, 0.29) is 6.61 Å². The highest BCUT2D eigenvalue weighted by molar-refractivity contribution is 4.89. The van der Waals surface area contributed by atoms with Crippen LogP contribution in [0.5, 0.6) is 0 Å². The van der Waals surface area contributed by atoms with Crippen molar-refractivity contribution in [2.45, 2.75) is 51.6 Å². The van der Waals surface area contributed by atoms with Crippen LogP contribution in [0.25, 0.3) is 0 Å². The maximum absolute atomic E-state index is 8.88. The monoisotopic (exact) mass is 239 g/mol. The Morgan fingerprint density at radius 3 is 3.12 bits per heavy atom. The van der Waals surface area contributed by atoms with Gasteiger partial charge in [-0.25, -0.2) is 0 Å². The Bertz CT molecular complexity index is 340. The lowest BCUT2D eigenvalue weighted by atomic mass is 10.1. The molecule has 17 heavy (non-hydrogen) atoms. The fourth-order valence-corrected chi connectivity index (χ4v) is 2.44. The van der Waals surface area contributed by atoms with E-state index in [1.165, 1.54) is 12.8 Å². The van der Waals surface area contributed by atoms with E-state index in [1.807, 2.05) is 6.92 Å². The first kappa shape index (κ1) is 12.5. The summed E-state index contributed by atoms with van der Waals surface area (Å²) in [7, 11) is 0. The van der Waals surface area contributed by atoms with E-state index < -0.39 is 0 Å². The van der Waals surface area contributed by atoms with Crippen molar-refractivity contribution in [1.29, 1.82) is 0 Å². The van der Waals surface area contributed by atoms with Gasteiger partial charge in [-0.1, -0.05) is 12.1 Å². The molecule has 0 amide bonds. The van der Waals surface area contributed by atoms with Crippen LogP contribution in [0.4, 0.5) is 0 Å². The summed E-state index contributed by atoms with van der Waals surface area (Å²) in [6, 6.07) is 0.575. The van der Waals surface area contributed by atoms with Gasteiger partial charge in [0.25, 0.3) is 0 Å². The van der Waals surface area contributed by atoms with Gasteiger partial charge in [-0.2, -0.15) is 4.98 Å². The van der Waals surface area contributed by atoms with Crippen LogP contribution < -0.4 is 0 Å². The predicted molar refractivity (Wildman–Crippen MR) is 63.4 cm³/mol.